The first kappa shape index (κ1) is 17.5. The summed E-state index contributed by atoms with van der Waals surface area (Å²) >= 11 is 1.66. The maximum absolute atomic E-state index is 12.7. The van der Waals surface area contributed by atoms with E-state index in [1.54, 1.807) is 35.3 Å². The Hall–Kier alpha value is -2.32. The van der Waals surface area contributed by atoms with E-state index in [1.165, 1.54) is 6.07 Å². The number of hydrogen-bond donors (Lipinski definition) is 0. The van der Waals surface area contributed by atoms with Gasteiger partial charge < -0.3 is 4.90 Å². The van der Waals surface area contributed by atoms with Gasteiger partial charge in [0.2, 0.25) is 0 Å². The monoisotopic (exact) mass is 360 g/mol. The Balaban J connectivity index is 1.64. The van der Waals surface area contributed by atoms with Crippen LogP contribution in [0.2, 0.25) is 0 Å². The third kappa shape index (κ3) is 3.85. The van der Waals surface area contributed by atoms with Gasteiger partial charge in [-0.15, -0.1) is 11.3 Å². The number of aryl methyl sites for hydroxylation is 1. The molecule has 0 aliphatic carbocycles. The summed E-state index contributed by atoms with van der Waals surface area (Å²) in [5.41, 5.74) is 1.87. The SMILES string of the molecule is Cc1csc(CN2CCN(C(=O)c3cccc([N+](=O)[O-])c3C)CC2)n1. The number of aromatic nitrogens is 1. The van der Waals surface area contributed by atoms with Gasteiger partial charge in [-0.25, -0.2) is 4.98 Å². The molecule has 7 nitrogen and oxygen atoms in total. The van der Waals surface area contributed by atoms with Crippen molar-refractivity contribution in [1.29, 1.82) is 0 Å². The Kier molecular flexibility index (Phi) is 5.10. The van der Waals surface area contributed by atoms with Gasteiger partial charge in [0.05, 0.1) is 11.5 Å². The molecule has 1 aliphatic heterocycles. The molecule has 2 heterocycles. The Bertz CT molecular complexity index is 797. The fourth-order valence-corrected chi connectivity index (χ4v) is 3.81. The van der Waals surface area contributed by atoms with Crippen LogP contribution in [0.5, 0.6) is 0 Å². The molecule has 1 amide bonds. The molecule has 0 saturated carbocycles. The zero-order valence-corrected chi connectivity index (χ0v) is 15.1. The number of amides is 1. The van der Waals surface area contributed by atoms with Crippen LogP contribution in [-0.2, 0) is 6.54 Å². The van der Waals surface area contributed by atoms with Crippen molar-refractivity contribution >= 4 is 22.9 Å². The molecule has 25 heavy (non-hydrogen) atoms. The van der Waals surface area contributed by atoms with Gasteiger partial charge in [-0.3, -0.25) is 19.8 Å². The van der Waals surface area contributed by atoms with Gasteiger partial charge in [0, 0.05) is 54.4 Å². The highest BCUT2D eigenvalue weighted by molar-refractivity contribution is 7.09. The molecular weight excluding hydrogens is 340 g/mol. The number of nitro benzene ring substituents is 1. The Labute approximate surface area is 150 Å². The number of nitro groups is 1. The van der Waals surface area contributed by atoms with E-state index in [4.69, 9.17) is 0 Å². The number of rotatable bonds is 4. The van der Waals surface area contributed by atoms with E-state index in [2.05, 4.69) is 9.88 Å². The summed E-state index contributed by atoms with van der Waals surface area (Å²) in [5.74, 6) is -0.133. The largest absolute Gasteiger partial charge is 0.336 e. The summed E-state index contributed by atoms with van der Waals surface area (Å²) in [5, 5.41) is 14.2. The van der Waals surface area contributed by atoms with Crippen LogP contribution >= 0.6 is 11.3 Å². The Morgan fingerprint density at radius 2 is 2.00 bits per heavy atom. The fourth-order valence-electron chi connectivity index (χ4n) is 3.00. The lowest BCUT2D eigenvalue weighted by molar-refractivity contribution is -0.385. The molecule has 1 aromatic heterocycles. The molecule has 1 aromatic carbocycles. The molecule has 0 N–H and O–H groups in total. The quantitative estimate of drug-likeness (QED) is 0.618. The topological polar surface area (TPSA) is 79.6 Å². The second kappa shape index (κ2) is 7.28. The van der Waals surface area contributed by atoms with Crippen LogP contribution in [0.4, 0.5) is 5.69 Å². The van der Waals surface area contributed by atoms with Crippen molar-refractivity contribution in [2.75, 3.05) is 26.2 Å². The van der Waals surface area contributed by atoms with Crippen LogP contribution in [0.3, 0.4) is 0 Å². The molecule has 2 aromatic rings. The average molecular weight is 360 g/mol. The number of hydrogen-bond acceptors (Lipinski definition) is 6. The number of benzene rings is 1. The highest BCUT2D eigenvalue weighted by Crippen LogP contribution is 2.23. The summed E-state index contributed by atoms with van der Waals surface area (Å²) < 4.78 is 0. The standard InChI is InChI=1S/C17H20N4O3S/c1-12-11-25-16(18-12)10-19-6-8-20(9-7-19)17(22)14-4-3-5-15(13(14)2)21(23)24/h3-5,11H,6-10H2,1-2H3. The minimum Gasteiger partial charge on any atom is -0.336 e. The minimum absolute atomic E-state index is 0.0105. The highest BCUT2D eigenvalue weighted by Gasteiger charge is 2.25. The van der Waals surface area contributed by atoms with Crippen molar-refractivity contribution in [3.8, 4) is 0 Å². The maximum Gasteiger partial charge on any atom is 0.273 e. The van der Waals surface area contributed by atoms with Crippen molar-refractivity contribution < 1.29 is 9.72 Å². The summed E-state index contributed by atoms with van der Waals surface area (Å²) in [6.45, 7) is 7.20. The summed E-state index contributed by atoms with van der Waals surface area (Å²) in [6.07, 6.45) is 0. The van der Waals surface area contributed by atoms with Gasteiger partial charge >= 0.3 is 0 Å². The summed E-state index contributed by atoms with van der Waals surface area (Å²) in [4.78, 5) is 31.9. The fraction of sp³-hybridized carbons (Fsp3) is 0.412. The molecule has 3 rings (SSSR count). The lowest BCUT2D eigenvalue weighted by atomic mass is 10.1. The number of thiazole rings is 1. The molecule has 0 radical (unpaired) electrons. The smallest absolute Gasteiger partial charge is 0.273 e. The van der Waals surface area contributed by atoms with Crippen LogP contribution in [-0.4, -0.2) is 51.8 Å². The normalized spacial score (nSPS) is 15.4. The van der Waals surface area contributed by atoms with E-state index in [9.17, 15) is 14.9 Å². The van der Waals surface area contributed by atoms with Crippen LogP contribution in [0, 0.1) is 24.0 Å². The van der Waals surface area contributed by atoms with Gasteiger partial charge in [-0.05, 0) is 19.9 Å². The Morgan fingerprint density at radius 3 is 2.60 bits per heavy atom. The van der Waals surface area contributed by atoms with Crippen LogP contribution in [0.15, 0.2) is 23.6 Å². The lowest BCUT2D eigenvalue weighted by Gasteiger charge is -2.34. The molecule has 1 fully saturated rings. The molecule has 1 saturated heterocycles. The van der Waals surface area contributed by atoms with Gasteiger partial charge in [-0.1, -0.05) is 6.07 Å². The average Bonchev–Trinajstić information content (AvgIpc) is 3.00. The predicted molar refractivity (Wildman–Crippen MR) is 95.9 cm³/mol. The number of carbonyl (C=O) groups excluding carboxylic acids is 1. The predicted octanol–water partition coefficient (Wildman–Crippen LogP) is 2.63. The van der Waals surface area contributed by atoms with E-state index in [1.807, 2.05) is 12.3 Å². The first-order valence-electron chi connectivity index (χ1n) is 8.12. The Morgan fingerprint density at radius 1 is 1.28 bits per heavy atom. The van der Waals surface area contributed by atoms with Crippen molar-refractivity contribution in [2.45, 2.75) is 20.4 Å². The molecule has 0 atom stereocenters. The molecular formula is C17H20N4O3S. The van der Waals surface area contributed by atoms with Crippen molar-refractivity contribution in [3.63, 3.8) is 0 Å². The zero-order valence-electron chi connectivity index (χ0n) is 14.3. The van der Waals surface area contributed by atoms with E-state index < -0.39 is 4.92 Å². The molecule has 132 valence electrons. The molecule has 0 bridgehead atoms. The van der Waals surface area contributed by atoms with Crippen molar-refractivity contribution in [3.05, 3.63) is 55.5 Å². The van der Waals surface area contributed by atoms with E-state index >= 15 is 0 Å². The second-order valence-corrected chi connectivity index (χ2v) is 7.10. The number of piperazine rings is 1. The third-order valence-corrected chi connectivity index (χ3v) is 5.37. The minimum atomic E-state index is -0.444. The maximum atomic E-state index is 12.7. The number of nitrogens with zero attached hydrogens (tertiary/aromatic N) is 4. The molecule has 8 heteroatoms. The lowest BCUT2D eigenvalue weighted by Crippen LogP contribution is -2.48. The molecule has 1 aliphatic rings. The molecule has 0 unspecified atom stereocenters. The van der Waals surface area contributed by atoms with Crippen LogP contribution < -0.4 is 0 Å². The summed E-state index contributed by atoms with van der Waals surface area (Å²) in [6, 6.07) is 4.66. The van der Waals surface area contributed by atoms with E-state index in [0.29, 0.717) is 24.2 Å². The first-order valence-corrected chi connectivity index (χ1v) is 9.00. The van der Waals surface area contributed by atoms with Gasteiger partial charge in [0.1, 0.15) is 5.01 Å². The van der Waals surface area contributed by atoms with Gasteiger partial charge in [0.15, 0.2) is 0 Å². The number of carbonyl (C=O) groups is 1. The van der Waals surface area contributed by atoms with Gasteiger partial charge in [0.25, 0.3) is 11.6 Å². The van der Waals surface area contributed by atoms with Gasteiger partial charge in [-0.2, -0.15) is 0 Å². The zero-order chi connectivity index (χ0) is 18.0. The van der Waals surface area contributed by atoms with Crippen molar-refractivity contribution in [1.82, 2.24) is 14.8 Å². The van der Waals surface area contributed by atoms with Crippen LogP contribution in [0.1, 0.15) is 26.6 Å². The van der Waals surface area contributed by atoms with E-state index in [0.717, 1.165) is 30.3 Å². The van der Waals surface area contributed by atoms with E-state index in [-0.39, 0.29) is 11.6 Å². The summed E-state index contributed by atoms with van der Waals surface area (Å²) in [7, 11) is 0. The van der Waals surface area contributed by atoms with Crippen molar-refractivity contribution in [2.24, 2.45) is 0 Å². The second-order valence-electron chi connectivity index (χ2n) is 6.16. The molecule has 0 spiro atoms. The highest BCUT2D eigenvalue weighted by atomic mass is 32.1. The third-order valence-electron chi connectivity index (χ3n) is 4.42. The first-order chi connectivity index (χ1) is 12.0. The van der Waals surface area contributed by atoms with Crippen LogP contribution in [0.25, 0.3) is 0 Å².